The van der Waals surface area contributed by atoms with Crippen molar-refractivity contribution in [1.82, 2.24) is 4.98 Å². The first-order chi connectivity index (χ1) is 6.34. The molecule has 0 saturated heterocycles. The van der Waals surface area contributed by atoms with Crippen LogP contribution in [0.3, 0.4) is 0 Å². The molecular formula is C10H13BrN2. The number of unbranched alkanes of at least 4 members (excludes halogenated alkanes) is 1. The molecule has 0 aliphatic carbocycles. The summed E-state index contributed by atoms with van der Waals surface area (Å²) in [6, 6.07) is 1.93. The molecule has 0 aromatic carbocycles. The quantitative estimate of drug-likeness (QED) is 0.632. The predicted molar refractivity (Wildman–Crippen MR) is 59.9 cm³/mol. The lowest BCUT2D eigenvalue weighted by atomic mass is 10.3. The Labute approximate surface area is 87.2 Å². The Morgan fingerprint density at radius 2 is 2.46 bits per heavy atom. The van der Waals surface area contributed by atoms with Crippen LogP contribution in [0.15, 0.2) is 35.6 Å². The lowest BCUT2D eigenvalue weighted by Gasteiger charge is -2.05. The van der Waals surface area contributed by atoms with E-state index in [1.54, 1.807) is 6.20 Å². The maximum absolute atomic E-state index is 4.03. The largest absolute Gasteiger partial charge is 0.383 e. The lowest BCUT2D eigenvalue weighted by molar-refractivity contribution is 0.889. The summed E-state index contributed by atoms with van der Waals surface area (Å²) in [5.41, 5.74) is 1.05. The summed E-state index contributed by atoms with van der Waals surface area (Å²) in [5.74, 6) is 0. The Hall–Kier alpha value is -0.830. The monoisotopic (exact) mass is 240 g/mol. The van der Waals surface area contributed by atoms with E-state index in [1.807, 2.05) is 18.3 Å². The van der Waals surface area contributed by atoms with Gasteiger partial charge in [-0.1, -0.05) is 6.08 Å². The molecule has 2 nitrogen and oxygen atoms in total. The first-order valence-corrected chi connectivity index (χ1v) is 5.08. The van der Waals surface area contributed by atoms with Crippen LogP contribution in [0, 0.1) is 0 Å². The first kappa shape index (κ1) is 10.3. The van der Waals surface area contributed by atoms with Gasteiger partial charge in [0.15, 0.2) is 0 Å². The number of halogens is 1. The molecule has 1 aromatic heterocycles. The second-order valence-electron chi connectivity index (χ2n) is 2.71. The first-order valence-electron chi connectivity index (χ1n) is 4.29. The van der Waals surface area contributed by atoms with Gasteiger partial charge in [-0.2, -0.15) is 0 Å². The third-order valence-electron chi connectivity index (χ3n) is 1.67. The third-order valence-corrected chi connectivity index (χ3v) is 2.36. The van der Waals surface area contributed by atoms with E-state index >= 15 is 0 Å². The van der Waals surface area contributed by atoms with Crippen LogP contribution >= 0.6 is 15.9 Å². The molecule has 0 saturated carbocycles. The van der Waals surface area contributed by atoms with Crippen molar-refractivity contribution in [3.05, 3.63) is 35.6 Å². The smallest absolute Gasteiger partial charge is 0.0671 e. The number of hydrogen-bond acceptors (Lipinski definition) is 2. The molecule has 0 atom stereocenters. The summed E-state index contributed by atoms with van der Waals surface area (Å²) in [6.45, 7) is 4.63. The summed E-state index contributed by atoms with van der Waals surface area (Å²) >= 11 is 3.44. The van der Waals surface area contributed by atoms with Crippen molar-refractivity contribution in [2.45, 2.75) is 12.8 Å². The molecule has 1 aromatic rings. The molecule has 0 aliphatic rings. The van der Waals surface area contributed by atoms with E-state index in [1.165, 1.54) is 0 Å². The van der Waals surface area contributed by atoms with Crippen LogP contribution in [0.4, 0.5) is 5.69 Å². The van der Waals surface area contributed by atoms with E-state index in [4.69, 9.17) is 0 Å². The van der Waals surface area contributed by atoms with Crippen molar-refractivity contribution in [2.75, 3.05) is 11.9 Å². The van der Waals surface area contributed by atoms with Crippen LogP contribution in [-0.2, 0) is 0 Å². The Balaban J connectivity index is 2.36. The van der Waals surface area contributed by atoms with Gasteiger partial charge in [-0.05, 0) is 34.8 Å². The van der Waals surface area contributed by atoms with Gasteiger partial charge in [0.2, 0.25) is 0 Å². The number of nitrogens with zero attached hydrogens (tertiary/aromatic N) is 1. The van der Waals surface area contributed by atoms with E-state index < -0.39 is 0 Å². The molecule has 1 N–H and O–H groups in total. The average Bonchev–Trinajstić information content (AvgIpc) is 2.15. The van der Waals surface area contributed by atoms with E-state index in [9.17, 15) is 0 Å². The van der Waals surface area contributed by atoms with Crippen molar-refractivity contribution < 1.29 is 0 Å². The SMILES string of the molecule is C=CCCCNc1cnccc1Br. The molecule has 70 valence electrons. The van der Waals surface area contributed by atoms with E-state index in [0.717, 1.165) is 29.5 Å². The Morgan fingerprint density at radius 1 is 1.62 bits per heavy atom. The van der Waals surface area contributed by atoms with Crippen LogP contribution in [0.1, 0.15) is 12.8 Å². The maximum Gasteiger partial charge on any atom is 0.0671 e. The molecule has 0 spiro atoms. The van der Waals surface area contributed by atoms with Crippen molar-refractivity contribution in [2.24, 2.45) is 0 Å². The van der Waals surface area contributed by atoms with Gasteiger partial charge in [0.1, 0.15) is 0 Å². The van der Waals surface area contributed by atoms with Gasteiger partial charge in [0, 0.05) is 17.2 Å². The van der Waals surface area contributed by atoms with Gasteiger partial charge < -0.3 is 5.32 Å². The fourth-order valence-electron chi connectivity index (χ4n) is 0.977. The molecule has 0 unspecified atom stereocenters. The highest BCUT2D eigenvalue weighted by Gasteiger charge is 1.95. The summed E-state index contributed by atoms with van der Waals surface area (Å²) in [6.07, 6.45) is 7.66. The number of aromatic nitrogens is 1. The minimum Gasteiger partial charge on any atom is -0.383 e. The molecule has 0 aliphatic heterocycles. The summed E-state index contributed by atoms with van der Waals surface area (Å²) in [5, 5.41) is 3.29. The lowest BCUT2D eigenvalue weighted by Crippen LogP contribution is -2.01. The molecular weight excluding hydrogens is 228 g/mol. The molecule has 13 heavy (non-hydrogen) atoms. The fourth-order valence-corrected chi connectivity index (χ4v) is 1.34. The van der Waals surface area contributed by atoms with Gasteiger partial charge in [-0.15, -0.1) is 6.58 Å². The minimum absolute atomic E-state index is 0.955. The molecule has 1 heterocycles. The van der Waals surface area contributed by atoms with Crippen molar-refractivity contribution in [3.8, 4) is 0 Å². The number of allylic oxidation sites excluding steroid dienone is 1. The number of hydrogen-bond donors (Lipinski definition) is 1. The number of nitrogens with one attached hydrogen (secondary N) is 1. The van der Waals surface area contributed by atoms with E-state index in [-0.39, 0.29) is 0 Å². The Morgan fingerprint density at radius 3 is 3.15 bits per heavy atom. The standard InChI is InChI=1S/C10H13BrN2/c1-2-3-4-6-13-10-8-12-7-5-9(10)11/h2,5,7-8,13H,1,3-4,6H2. The van der Waals surface area contributed by atoms with E-state index in [0.29, 0.717) is 0 Å². The summed E-state index contributed by atoms with van der Waals surface area (Å²) in [4.78, 5) is 4.03. The molecule has 3 heteroatoms. The second kappa shape index (κ2) is 5.75. The average molecular weight is 241 g/mol. The van der Waals surface area contributed by atoms with Crippen LogP contribution in [-0.4, -0.2) is 11.5 Å². The van der Waals surface area contributed by atoms with E-state index in [2.05, 4.69) is 32.8 Å². The zero-order valence-electron chi connectivity index (χ0n) is 7.46. The zero-order valence-corrected chi connectivity index (χ0v) is 9.05. The Bertz CT molecular complexity index is 273. The van der Waals surface area contributed by atoms with Crippen molar-refractivity contribution in [1.29, 1.82) is 0 Å². The summed E-state index contributed by atoms with van der Waals surface area (Å²) in [7, 11) is 0. The highest BCUT2D eigenvalue weighted by Crippen LogP contribution is 2.19. The number of pyridine rings is 1. The normalized spacial score (nSPS) is 9.62. The topological polar surface area (TPSA) is 24.9 Å². The Kier molecular flexibility index (Phi) is 4.54. The van der Waals surface area contributed by atoms with Crippen LogP contribution < -0.4 is 5.32 Å². The fraction of sp³-hybridized carbons (Fsp3) is 0.300. The van der Waals surface area contributed by atoms with Crippen molar-refractivity contribution in [3.63, 3.8) is 0 Å². The number of rotatable bonds is 5. The second-order valence-corrected chi connectivity index (χ2v) is 3.57. The molecule has 1 rings (SSSR count). The minimum atomic E-state index is 0.955. The van der Waals surface area contributed by atoms with Crippen LogP contribution in [0.5, 0.6) is 0 Å². The van der Waals surface area contributed by atoms with Gasteiger partial charge in [-0.25, -0.2) is 0 Å². The van der Waals surface area contributed by atoms with Gasteiger partial charge in [0.05, 0.1) is 11.9 Å². The predicted octanol–water partition coefficient (Wildman–Crippen LogP) is 3.22. The van der Waals surface area contributed by atoms with Gasteiger partial charge >= 0.3 is 0 Å². The number of anilines is 1. The molecule has 0 bridgehead atoms. The van der Waals surface area contributed by atoms with Crippen LogP contribution in [0.2, 0.25) is 0 Å². The maximum atomic E-state index is 4.03. The molecule has 0 radical (unpaired) electrons. The highest BCUT2D eigenvalue weighted by molar-refractivity contribution is 9.10. The summed E-state index contributed by atoms with van der Waals surface area (Å²) < 4.78 is 1.06. The zero-order chi connectivity index (χ0) is 9.52. The third kappa shape index (κ3) is 3.59. The van der Waals surface area contributed by atoms with Crippen molar-refractivity contribution >= 4 is 21.6 Å². The molecule has 0 fully saturated rings. The van der Waals surface area contributed by atoms with Gasteiger partial charge in [0.25, 0.3) is 0 Å². The highest BCUT2D eigenvalue weighted by atomic mass is 79.9. The van der Waals surface area contributed by atoms with Crippen LogP contribution in [0.25, 0.3) is 0 Å². The van der Waals surface area contributed by atoms with Gasteiger partial charge in [-0.3, -0.25) is 4.98 Å². The molecule has 0 amide bonds.